The van der Waals surface area contributed by atoms with Gasteiger partial charge in [-0.05, 0) is 62.8 Å². The van der Waals surface area contributed by atoms with E-state index in [-0.39, 0.29) is 0 Å². The fourth-order valence-electron chi connectivity index (χ4n) is 3.93. The minimum absolute atomic E-state index is 0.484. The Hall–Kier alpha value is -0.860. The minimum Gasteiger partial charge on any atom is -0.389 e. The number of fused-ring (bicyclic) bond motifs is 1. The number of aryl methyl sites for hydroxylation is 2. The highest BCUT2D eigenvalue weighted by molar-refractivity contribution is 5.34. The van der Waals surface area contributed by atoms with Crippen LogP contribution in [0.4, 0.5) is 0 Å². The molecule has 2 aliphatic heterocycles. The SMILES string of the molecule is Cc1cccc(C)c1CC1(O)CCN2CCCC2C1. The fraction of sp³-hybridized carbons (Fsp3) is 0.647. The van der Waals surface area contributed by atoms with Crippen molar-refractivity contribution in [3.05, 3.63) is 34.9 Å². The summed E-state index contributed by atoms with van der Waals surface area (Å²) in [7, 11) is 0. The van der Waals surface area contributed by atoms with Crippen LogP contribution in [0.2, 0.25) is 0 Å². The smallest absolute Gasteiger partial charge is 0.0715 e. The lowest BCUT2D eigenvalue weighted by molar-refractivity contribution is -0.0355. The van der Waals surface area contributed by atoms with Gasteiger partial charge in [0.05, 0.1) is 5.60 Å². The third kappa shape index (κ3) is 2.56. The third-order valence-corrected chi connectivity index (χ3v) is 5.13. The Bertz CT molecular complexity index is 450. The van der Waals surface area contributed by atoms with Crippen molar-refractivity contribution in [3.63, 3.8) is 0 Å². The largest absolute Gasteiger partial charge is 0.389 e. The van der Waals surface area contributed by atoms with Gasteiger partial charge in [-0.3, -0.25) is 0 Å². The number of rotatable bonds is 2. The van der Waals surface area contributed by atoms with Crippen LogP contribution in [0, 0.1) is 13.8 Å². The quantitative estimate of drug-likeness (QED) is 0.883. The molecule has 2 heterocycles. The van der Waals surface area contributed by atoms with Gasteiger partial charge in [-0.2, -0.15) is 0 Å². The Morgan fingerprint density at radius 2 is 2.00 bits per heavy atom. The summed E-state index contributed by atoms with van der Waals surface area (Å²) < 4.78 is 0. The van der Waals surface area contributed by atoms with Crippen molar-refractivity contribution in [2.45, 2.75) is 57.6 Å². The lowest BCUT2D eigenvalue weighted by Gasteiger charge is -2.41. The van der Waals surface area contributed by atoms with Crippen molar-refractivity contribution < 1.29 is 5.11 Å². The van der Waals surface area contributed by atoms with E-state index in [2.05, 4.69) is 36.9 Å². The molecule has 2 unspecified atom stereocenters. The second-order valence-corrected chi connectivity index (χ2v) is 6.56. The molecular weight excluding hydrogens is 234 g/mol. The standard InChI is InChI=1S/C17H25NO/c1-13-5-3-6-14(2)16(13)12-17(19)8-10-18-9-4-7-15(18)11-17/h3,5-6,15,19H,4,7-12H2,1-2H3. The van der Waals surface area contributed by atoms with E-state index < -0.39 is 5.60 Å². The number of hydrogen-bond acceptors (Lipinski definition) is 2. The molecule has 0 aromatic heterocycles. The molecule has 0 saturated carbocycles. The zero-order valence-electron chi connectivity index (χ0n) is 12.2. The molecule has 104 valence electrons. The van der Waals surface area contributed by atoms with Crippen LogP contribution in [0.5, 0.6) is 0 Å². The summed E-state index contributed by atoms with van der Waals surface area (Å²) in [5, 5.41) is 11.0. The van der Waals surface area contributed by atoms with Crippen LogP contribution in [0.15, 0.2) is 18.2 Å². The van der Waals surface area contributed by atoms with Gasteiger partial charge in [0.15, 0.2) is 0 Å². The topological polar surface area (TPSA) is 23.5 Å². The maximum atomic E-state index is 11.0. The zero-order valence-corrected chi connectivity index (χ0v) is 12.2. The molecular formula is C17H25NO. The average molecular weight is 259 g/mol. The normalized spacial score (nSPS) is 31.4. The predicted octanol–water partition coefficient (Wildman–Crippen LogP) is 2.84. The van der Waals surface area contributed by atoms with Crippen molar-refractivity contribution in [2.24, 2.45) is 0 Å². The first kappa shape index (κ1) is 13.1. The molecule has 0 radical (unpaired) electrons. The second-order valence-electron chi connectivity index (χ2n) is 6.56. The molecule has 3 rings (SSSR count). The van der Waals surface area contributed by atoms with Gasteiger partial charge < -0.3 is 10.0 Å². The van der Waals surface area contributed by atoms with Crippen LogP contribution in [-0.2, 0) is 6.42 Å². The Balaban J connectivity index is 1.78. The number of benzene rings is 1. The molecule has 0 amide bonds. The molecule has 0 spiro atoms. The van der Waals surface area contributed by atoms with Crippen molar-refractivity contribution in [1.29, 1.82) is 0 Å². The Labute approximate surface area is 116 Å². The Kier molecular flexibility index (Phi) is 3.40. The maximum Gasteiger partial charge on any atom is 0.0715 e. The average Bonchev–Trinajstić information content (AvgIpc) is 2.81. The van der Waals surface area contributed by atoms with Crippen molar-refractivity contribution in [3.8, 4) is 0 Å². The summed E-state index contributed by atoms with van der Waals surface area (Å²) in [6.45, 7) is 6.64. The van der Waals surface area contributed by atoms with Crippen LogP contribution < -0.4 is 0 Å². The van der Waals surface area contributed by atoms with Gasteiger partial charge in [0.1, 0.15) is 0 Å². The second kappa shape index (κ2) is 4.92. The Morgan fingerprint density at radius 3 is 2.74 bits per heavy atom. The number of nitrogens with zero attached hydrogens (tertiary/aromatic N) is 1. The van der Waals surface area contributed by atoms with Crippen LogP contribution in [-0.4, -0.2) is 34.7 Å². The van der Waals surface area contributed by atoms with Gasteiger partial charge in [0.25, 0.3) is 0 Å². The molecule has 2 heteroatoms. The van der Waals surface area contributed by atoms with Crippen LogP contribution in [0.25, 0.3) is 0 Å². The van der Waals surface area contributed by atoms with Crippen molar-refractivity contribution in [2.75, 3.05) is 13.1 Å². The summed E-state index contributed by atoms with van der Waals surface area (Å²) in [5.74, 6) is 0. The van der Waals surface area contributed by atoms with Crippen LogP contribution in [0.3, 0.4) is 0 Å². The van der Waals surface area contributed by atoms with E-state index >= 15 is 0 Å². The molecule has 2 saturated heterocycles. The third-order valence-electron chi connectivity index (χ3n) is 5.13. The molecule has 2 aliphatic rings. The van der Waals surface area contributed by atoms with E-state index in [1.54, 1.807) is 0 Å². The molecule has 1 aromatic carbocycles. The highest BCUT2D eigenvalue weighted by atomic mass is 16.3. The number of piperidine rings is 1. The van der Waals surface area contributed by atoms with E-state index in [1.807, 2.05) is 0 Å². The number of hydrogen-bond donors (Lipinski definition) is 1. The Morgan fingerprint density at radius 1 is 1.26 bits per heavy atom. The lowest BCUT2D eigenvalue weighted by atomic mass is 9.80. The molecule has 0 bridgehead atoms. The summed E-state index contributed by atoms with van der Waals surface area (Å²) in [4.78, 5) is 2.57. The van der Waals surface area contributed by atoms with E-state index in [4.69, 9.17) is 0 Å². The minimum atomic E-state index is -0.484. The predicted molar refractivity (Wildman–Crippen MR) is 78.4 cm³/mol. The molecule has 2 nitrogen and oxygen atoms in total. The monoisotopic (exact) mass is 259 g/mol. The first-order valence-corrected chi connectivity index (χ1v) is 7.59. The summed E-state index contributed by atoms with van der Waals surface area (Å²) in [6.07, 6.45) is 5.30. The zero-order chi connectivity index (χ0) is 13.5. The van der Waals surface area contributed by atoms with E-state index in [0.29, 0.717) is 6.04 Å². The van der Waals surface area contributed by atoms with Gasteiger partial charge in [-0.15, -0.1) is 0 Å². The highest BCUT2D eigenvalue weighted by Gasteiger charge is 2.40. The van der Waals surface area contributed by atoms with Gasteiger partial charge in [-0.1, -0.05) is 18.2 Å². The highest BCUT2D eigenvalue weighted by Crippen LogP contribution is 2.36. The molecule has 2 atom stereocenters. The fourth-order valence-corrected chi connectivity index (χ4v) is 3.93. The van der Waals surface area contributed by atoms with E-state index in [0.717, 1.165) is 25.8 Å². The molecule has 2 fully saturated rings. The molecule has 1 aromatic rings. The lowest BCUT2D eigenvalue weighted by Crippen LogP contribution is -2.48. The van der Waals surface area contributed by atoms with Crippen molar-refractivity contribution in [1.82, 2.24) is 4.90 Å². The van der Waals surface area contributed by atoms with Gasteiger partial charge in [0, 0.05) is 19.0 Å². The maximum absolute atomic E-state index is 11.0. The summed E-state index contributed by atoms with van der Waals surface area (Å²) in [6, 6.07) is 7.06. The number of aliphatic hydroxyl groups is 1. The van der Waals surface area contributed by atoms with E-state index in [9.17, 15) is 5.11 Å². The van der Waals surface area contributed by atoms with Crippen LogP contribution >= 0.6 is 0 Å². The molecule has 0 aliphatic carbocycles. The summed E-state index contributed by atoms with van der Waals surface area (Å²) >= 11 is 0. The molecule has 1 N–H and O–H groups in total. The van der Waals surface area contributed by atoms with Gasteiger partial charge in [-0.25, -0.2) is 0 Å². The first-order chi connectivity index (χ1) is 9.07. The van der Waals surface area contributed by atoms with Gasteiger partial charge >= 0.3 is 0 Å². The van der Waals surface area contributed by atoms with E-state index in [1.165, 1.54) is 36.1 Å². The van der Waals surface area contributed by atoms with Crippen molar-refractivity contribution >= 4 is 0 Å². The summed E-state index contributed by atoms with van der Waals surface area (Å²) in [5.41, 5.74) is 3.52. The van der Waals surface area contributed by atoms with Gasteiger partial charge in [0.2, 0.25) is 0 Å². The first-order valence-electron chi connectivity index (χ1n) is 7.59. The molecule has 19 heavy (non-hydrogen) atoms. The van der Waals surface area contributed by atoms with Crippen LogP contribution in [0.1, 0.15) is 42.4 Å².